The molecule has 0 amide bonds. The number of rotatable bonds is 12. The fourth-order valence-corrected chi connectivity index (χ4v) is 3.44. The Labute approximate surface area is 194 Å². The maximum Gasteiger partial charge on any atom is 0.184 e. The van der Waals surface area contributed by atoms with Crippen LogP contribution in [0.2, 0.25) is 0 Å². The molecule has 9 nitrogen and oxygen atoms in total. The fraction of sp³-hybridized carbons (Fsp3) is 0.217. The molecule has 3 N–H and O–H groups in total. The van der Waals surface area contributed by atoms with Gasteiger partial charge in [0.25, 0.3) is 0 Å². The topological polar surface area (TPSA) is 115 Å². The first-order chi connectivity index (χ1) is 16.0. The van der Waals surface area contributed by atoms with E-state index in [1.54, 1.807) is 18.2 Å². The maximum absolute atomic E-state index is 12.6. The summed E-state index contributed by atoms with van der Waals surface area (Å²) in [6.07, 6.45) is 1.85. The normalized spacial score (nSPS) is 11.5. The molecule has 2 aromatic carbocycles. The fourth-order valence-electron chi connectivity index (χ4n) is 2.84. The number of hydrogen-bond acceptors (Lipinski definition) is 8. The summed E-state index contributed by atoms with van der Waals surface area (Å²) in [5.74, 6) is 1.92. The van der Waals surface area contributed by atoms with Crippen molar-refractivity contribution < 1.29 is 23.5 Å². The van der Waals surface area contributed by atoms with E-state index >= 15 is 0 Å². The van der Waals surface area contributed by atoms with Gasteiger partial charge in [0.2, 0.25) is 0 Å². The number of nitrogens with one attached hydrogen (secondary N) is 2. The molecule has 10 heteroatoms. The third-order valence-electron chi connectivity index (χ3n) is 4.51. The average Bonchev–Trinajstić information content (AvgIpc) is 2.84. The molecule has 1 atom stereocenters. The second-order valence-corrected chi connectivity index (χ2v) is 7.97. The minimum Gasteiger partial charge on any atom is -0.497 e. The van der Waals surface area contributed by atoms with E-state index in [0.717, 1.165) is 0 Å². The lowest BCUT2D eigenvalue weighted by atomic mass is 10.2. The summed E-state index contributed by atoms with van der Waals surface area (Å²) in [4.78, 5) is 9.53. The third kappa shape index (κ3) is 5.79. The van der Waals surface area contributed by atoms with Crippen LogP contribution in [-0.2, 0) is 11.0 Å². The summed E-state index contributed by atoms with van der Waals surface area (Å²) in [5, 5.41) is 12.3. The molecule has 1 unspecified atom stereocenters. The molecule has 0 spiro atoms. The second kappa shape index (κ2) is 11.3. The number of aliphatic hydroxyl groups excluding tert-OH is 1. The Balaban J connectivity index is 2.10. The Kier molecular flexibility index (Phi) is 8.22. The molecule has 0 saturated carbocycles. The highest BCUT2D eigenvalue weighted by Crippen LogP contribution is 2.41. The Bertz CT molecular complexity index is 1180. The van der Waals surface area contributed by atoms with E-state index in [1.807, 2.05) is 18.2 Å². The lowest BCUT2D eigenvalue weighted by Crippen LogP contribution is -2.11. The highest BCUT2D eigenvalue weighted by Gasteiger charge is 2.18. The molecule has 0 aliphatic heterocycles. The standard InChI is InChI=1S/C23H26N4O5S/c1-5-15(2)33(29)27-23-22(24-17-9-6-7-10-18(17)25-23)26-19-13-16(30-3)14-20(31-4)21(19)32-12-8-11-28/h5-7,9-10,13-14,28H,1-2,8,11-12H2,3-4H3,(H,24,26)(H,25,27). The zero-order valence-electron chi connectivity index (χ0n) is 18.5. The number of nitrogens with zero attached hydrogens (tertiary/aromatic N) is 2. The minimum atomic E-state index is -1.66. The lowest BCUT2D eigenvalue weighted by Gasteiger charge is -2.19. The van der Waals surface area contributed by atoms with Gasteiger partial charge in [0, 0.05) is 25.2 Å². The first kappa shape index (κ1) is 24.0. The average molecular weight is 471 g/mol. The Morgan fingerprint density at radius 2 is 1.85 bits per heavy atom. The first-order valence-corrected chi connectivity index (χ1v) is 11.2. The Morgan fingerprint density at radius 1 is 1.15 bits per heavy atom. The molecule has 0 bridgehead atoms. The number of aliphatic hydroxyl groups is 1. The van der Waals surface area contributed by atoms with Gasteiger partial charge in [-0.2, -0.15) is 0 Å². The summed E-state index contributed by atoms with van der Waals surface area (Å²) >= 11 is 0. The summed E-state index contributed by atoms with van der Waals surface area (Å²) in [6.45, 7) is 7.59. The number of methoxy groups -OCH3 is 2. The van der Waals surface area contributed by atoms with Gasteiger partial charge in [-0.3, -0.25) is 4.72 Å². The minimum absolute atomic E-state index is 0.00947. The molecular weight excluding hydrogens is 444 g/mol. The van der Waals surface area contributed by atoms with Crippen LogP contribution in [0.25, 0.3) is 11.0 Å². The van der Waals surface area contributed by atoms with Crippen LogP contribution >= 0.6 is 0 Å². The number of ether oxygens (including phenoxy) is 3. The summed E-state index contributed by atoms with van der Waals surface area (Å²) in [7, 11) is 1.39. The SMILES string of the molecule is C=CC(=C)S(=O)Nc1nc2ccccc2nc1Nc1cc(OC)cc(OC)c1OCCCO. The molecular formula is C23H26N4O5S. The largest absolute Gasteiger partial charge is 0.497 e. The van der Waals surface area contributed by atoms with Crippen LogP contribution in [0, 0.1) is 0 Å². The molecule has 1 heterocycles. The molecule has 0 saturated heterocycles. The first-order valence-electron chi connectivity index (χ1n) is 10.0. The third-order valence-corrected chi connectivity index (χ3v) is 5.53. The van der Waals surface area contributed by atoms with Crippen molar-refractivity contribution in [2.24, 2.45) is 0 Å². The molecule has 33 heavy (non-hydrogen) atoms. The van der Waals surface area contributed by atoms with Crippen molar-refractivity contribution in [3.8, 4) is 17.2 Å². The molecule has 3 aromatic rings. The number of benzene rings is 2. The van der Waals surface area contributed by atoms with Crippen LogP contribution in [0.15, 0.2) is 60.5 Å². The van der Waals surface area contributed by atoms with E-state index in [9.17, 15) is 4.21 Å². The van der Waals surface area contributed by atoms with Gasteiger partial charge >= 0.3 is 0 Å². The van der Waals surface area contributed by atoms with Crippen molar-refractivity contribution in [3.05, 3.63) is 60.5 Å². The zero-order chi connectivity index (χ0) is 23.8. The number of para-hydroxylation sites is 2. The molecule has 1 aromatic heterocycles. The number of anilines is 3. The molecule has 0 aliphatic rings. The van der Waals surface area contributed by atoms with Gasteiger partial charge < -0.3 is 24.6 Å². The van der Waals surface area contributed by atoms with Gasteiger partial charge in [-0.25, -0.2) is 14.2 Å². The van der Waals surface area contributed by atoms with Gasteiger partial charge in [-0.1, -0.05) is 31.4 Å². The van der Waals surface area contributed by atoms with Gasteiger partial charge in [0.05, 0.1) is 42.5 Å². The van der Waals surface area contributed by atoms with E-state index < -0.39 is 11.0 Å². The van der Waals surface area contributed by atoms with E-state index in [2.05, 4.69) is 33.2 Å². The van der Waals surface area contributed by atoms with Crippen molar-refractivity contribution >= 4 is 39.3 Å². The molecule has 0 aliphatic carbocycles. The number of fused-ring (bicyclic) bond motifs is 1. The zero-order valence-corrected chi connectivity index (χ0v) is 19.3. The number of hydrogen-bond donors (Lipinski definition) is 3. The van der Waals surface area contributed by atoms with Crippen molar-refractivity contribution in [1.29, 1.82) is 0 Å². The van der Waals surface area contributed by atoms with Crippen LogP contribution in [0.1, 0.15) is 6.42 Å². The Hall–Kier alpha value is -3.63. The number of allylic oxidation sites excluding steroid dienone is 1. The van der Waals surface area contributed by atoms with E-state index in [0.29, 0.717) is 51.1 Å². The second-order valence-electron chi connectivity index (χ2n) is 6.71. The van der Waals surface area contributed by atoms with E-state index in [4.69, 9.17) is 19.3 Å². The van der Waals surface area contributed by atoms with Crippen LogP contribution < -0.4 is 24.2 Å². The van der Waals surface area contributed by atoms with E-state index in [-0.39, 0.29) is 19.0 Å². The van der Waals surface area contributed by atoms with Gasteiger partial charge in [-0.15, -0.1) is 0 Å². The van der Waals surface area contributed by atoms with Gasteiger partial charge in [0.15, 0.2) is 34.1 Å². The monoisotopic (exact) mass is 470 g/mol. The van der Waals surface area contributed by atoms with Gasteiger partial charge in [-0.05, 0) is 12.1 Å². The van der Waals surface area contributed by atoms with Crippen LogP contribution in [0.3, 0.4) is 0 Å². The molecule has 174 valence electrons. The van der Waals surface area contributed by atoms with Crippen molar-refractivity contribution in [2.45, 2.75) is 6.42 Å². The maximum atomic E-state index is 12.6. The highest BCUT2D eigenvalue weighted by atomic mass is 32.2. The van der Waals surface area contributed by atoms with Crippen molar-refractivity contribution in [2.75, 3.05) is 37.5 Å². The lowest BCUT2D eigenvalue weighted by molar-refractivity contribution is 0.228. The number of aromatic nitrogens is 2. The van der Waals surface area contributed by atoms with Gasteiger partial charge in [0.1, 0.15) is 5.75 Å². The van der Waals surface area contributed by atoms with Crippen molar-refractivity contribution in [3.63, 3.8) is 0 Å². The summed E-state index contributed by atoms with van der Waals surface area (Å²) < 4.78 is 32.1. The van der Waals surface area contributed by atoms with Crippen LogP contribution in [0.4, 0.5) is 17.3 Å². The predicted octanol–water partition coefficient (Wildman–Crippen LogP) is 3.93. The molecule has 0 fully saturated rings. The Morgan fingerprint density at radius 3 is 2.45 bits per heavy atom. The quantitative estimate of drug-likeness (QED) is 0.269. The highest BCUT2D eigenvalue weighted by molar-refractivity contribution is 7.90. The van der Waals surface area contributed by atoms with Crippen LogP contribution in [0.5, 0.6) is 17.2 Å². The van der Waals surface area contributed by atoms with E-state index in [1.165, 1.54) is 20.3 Å². The summed E-state index contributed by atoms with van der Waals surface area (Å²) in [5.41, 5.74) is 1.75. The smallest absolute Gasteiger partial charge is 0.184 e. The summed E-state index contributed by atoms with van der Waals surface area (Å²) in [6, 6.07) is 10.7. The predicted molar refractivity (Wildman–Crippen MR) is 131 cm³/mol. The molecule has 0 radical (unpaired) electrons. The van der Waals surface area contributed by atoms with Crippen LogP contribution in [-0.4, -0.2) is 46.7 Å². The van der Waals surface area contributed by atoms with Crippen molar-refractivity contribution in [1.82, 2.24) is 9.97 Å². The molecule has 3 rings (SSSR count).